The van der Waals surface area contributed by atoms with Crippen LogP contribution in [0.3, 0.4) is 0 Å². The van der Waals surface area contributed by atoms with Crippen LogP contribution >= 0.6 is 24.8 Å². The fraction of sp³-hybridized carbons (Fsp3) is 0.579. The summed E-state index contributed by atoms with van der Waals surface area (Å²) in [7, 11) is 1.47. The molecule has 1 saturated carbocycles. The summed E-state index contributed by atoms with van der Waals surface area (Å²) in [5.74, 6) is 0.750. The number of hydrogen-bond acceptors (Lipinski definition) is 0. The van der Waals surface area contributed by atoms with Crippen LogP contribution < -0.4 is 0 Å². The van der Waals surface area contributed by atoms with Crippen LogP contribution in [0.4, 0.5) is 0 Å². The zero-order valence-corrected chi connectivity index (χ0v) is 21.3. The van der Waals surface area contributed by atoms with Gasteiger partial charge < -0.3 is 0 Å². The molecule has 0 aromatic rings. The molecule has 3 aliphatic carbocycles. The van der Waals surface area contributed by atoms with E-state index in [2.05, 4.69) is 45.9 Å². The van der Waals surface area contributed by atoms with Crippen LogP contribution in [0.5, 0.6) is 0 Å². The second kappa shape index (κ2) is 8.35. The summed E-state index contributed by atoms with van der Waals surface area (Å²) in [5, 5.41) is 0. The second-order valence-electron chi connectivity index (χ2n) is 7.58. The van der Waals surface area contributed by atoms with Gasteiger partial charge in [-0.1, -0.05) is 0 Å². The molecule has 0 aliphatic heterocycles. The molecule has 3 rings (SSSR count). The summed E-state index contributed by atoms with van der Waals surface area (Å²) in [5.41, 5.74) is 5.01. The Balaban J connectivity index is 0.00000132. The van der Waals surface area contributed by atoms with E-state index in [1.807, 2.05) is 6.56 Å². The fourth-order valence-corrected chi connectivity index (χ4v) is 30.2. The Morgan fingerprint density at radius 2 is 1.65 bits per heavy atom. The monoisotopic (exact) mass is 448 g/mol. The van der Waals surface area contributed by atoms with Crippen molar-refractivity contribution in [3.63, 3.8) is 0 Å². The van der Waals surface area contributed by atoms with Crippen molar-refractivity contribution in [3.8, 4) is 0 Å². The van der Waals surface area contributed by atoms with Gasteiger partial charge in [-0.15, -0.1) is 24.8 Å². The van der Waals surface area contributed by atoms with Gasteiger partial charge in [0.1, 0.15) is 0 Å². The van der Waals surface area contributed by atoms with Crippen LogP contribution in [0.25, 0.3) is 0 Å². The first-order valence-corrected chi connectivity index (χ1v) is 21.0. The maximum Gasteiger partial charge on any atom is -0.147 e. The Kier molecular flexibility index (Phi) is 7.87. The average Bonchev–Trinajstić information content (AvgIpc) is 3.19. The number of hydrogen-bond donors (Lipinski definition) is 0. The first-order chi connectivity index (χ1) is 9.98. The minimum Gasteiger partial charge on any atom is -0.147 e. The number of rotatable bonds is 3. The van der Waals surface area contributed by atoms with E-state index in [1.54, 1.807) is 29.6 Å². The molecule has 0 saturated heterocycles. The molecule has 0 spiro atoms. The van der Waals surface area contributed by atoms with Crippen molar-refractivity contribution in [2.24, 2.45) is 5.92 Å². The van der Waals surface area contributed by atoms with Gasteiger partial charge in [0.15, 0.2) is 0 Å². The number of halogens is 2. The molecule has 0 N–H and O–H groups in total. The molecule has 0 heterocycles. The van der Waals surface area contributed by atoms with Gasteiger partial charge in [-0.25, -0.2) is 0 Å². The van der Waals surface area contributed by atoms with Crippen molar-refractivity contribution in [2.75, 3.05) is 0 Å². The van der Waals surface area contributed by atoms with Crippen LogP contribution in [-0.2, 0) is 19.4 Å². The van der Waals surface area contributed by atoms with Gasteiger partial charge >= 0.3 is 138 Å². The third-order valence-corrected chi connectivity index (χ3v) is 33.0. The van der Waals surface area contributed by atoms with Crippen molar-refractivity contribution < 1.29 is 19.4 Å². The molecule has 1 fully saturated rings. The molecule has 130 valence electrons. The first-order valence-electron chi connectivity index (χ1n) is 8.73. The van der Waals surface area contributed by atoms with Gasteiger partial charge in [0.2, 0.25) is 0 Å². The van der Waals surface area contributed by atoms with Gasteiger partial charge in [0.05, 0.1) is 0 Å². The second-order valence-corrected chi connectivity index (χ2v) is 27.7. The predicted octanol–water partition coefficient (Wildman–Crippen LogP) is 5.73. The standard InChI is InChI=1S/C9H13.C5H9.C5H5.2ClH.H3Si.Zr/c1-6-5-7(2)9(4)8(6)3;2*1-2-4-5-3-1;;;;/h6H,1-4H3;1H,2-5H2;1-3H,4H2;2*1H;1H3;. The average molecular weight is 451 g/mol. The van der Waals surface area contributed by atoms with Crippen LogP contribution in [0.15, 0.2) is 41.5 Å². The maximum atomic E-state index is 2.54. The van der Waals surface area contributed by atoms with E-state index in [9.17, 15) is 0 Å². The molecule has 4 heteroatoms. The molecular formula is C19H32Cl2SiZr. The zero-order valence-electron chi connectivity index (χ0n) is 15.2. The molecule has 2 unspecified atom stereocenters. The summed E-state index contributed by atoms with van der Waals surface area (Å²) in [6.07, 6.45) is 14.7. The van der Waals surface area contributed by atoms with E-state index < -0.39 is 19.4 Å². The fourth-order valence-electron chi connectivity index (χ4n) is 5.19. The minimum atomic E-state index is -2.31. The van der Waals surface area contributed by atoms with Crippen LogP contribution in [0, 0.1) is 5.92 Å². The molecule has 2 atom stereocenters. The Hall–Kier alpha value is 0.640. The Morgan fingerprint density at radius 1 is 1.04 bits per heavy atom. The Morgan fingerprint density at radius 3 is 2.09 bits per heavy atom. The van der Waals surface area contributed by atoms with Gasteiger partial charge in [0.25, 0.3) is 0 Å². The molecule has 0 aromatic heterocycles. The van der Waals surface area contributed by atoms with Crippen molar-refractivity contribution in [3.05, 3.63) is 41.5 Å². The minimum absolute atomic E-state index is 0. The van der Waals surface area contributed by atoms with Gasteiger partial charge in [-0.2, -0.15) is 0 Å². The molecule has 0 nitrogen and oxygen atoms in total. The normalized spacial score (nSPS) is 27.1. The summed E-state index contributed by atoms with van der Waals surface area (Å²) in [6.45, 7) is 9.71. The van der Waals surface area contributed by atoms with Gasteiger partial charge in [-0.05, 0) is 0 Å². The summed E-state index contributed by atoms with van der Waals surface area (Å²) >= 11 is -2.31. The van der Waals surface area contributed by atoms with Crippen LogP contribution in [0.1, 0.15) is 59.8 Å². The summed E-state index contributed by atoms with van der Waals surface area (Å²) in [4.78, 5) is 0. The molecule has 0 bridgehead atoms. The largest absolute Gasteiger partial charge is 0.147 e. The zero-order chi connectivity index (χ0) is 15.2. The summed E-state index contributed by atoms with van der Waals surface area (Å²) in [6, 6.07) is 0. The van der Waals surface area contributed by atoms with E-state index in [4.69, 9.17) is 0 Å². The summed E-state index contributed by atoms with van der Waals surface area (Å²) < 4.78 is 5.06. The van der Waals surface area contributed by atoms with Gasteiger partial charge in [-0.3, -0.25) is 0 Å². The van der Waals surface area contributed by atoms with E-state index in [-0.39, 0.29) is 24.8 Å². The van der Waals surface area contributed by atoms with Crippen molar-refractivity contribution >= 4 is 32.2 Å². The number of allylic oxidation sites excluding steroid dienone is 8. The van der Waals surface area contributed by atoms with Crippen LogP contribution in [0.2, 0.25) is 3.63 Å². The topological polar surface area (TPSA) is 0 Å². The SMILES string of the molecule is CC1=C(C)C(C)[C]([Zr]([SiH3])([C]2=CC=CC2)[CH]2CCCC2)=C1C.Cl.Cl. The predicted molar refractivity (Wildman–Crippen MR) is 109 cm³/mol. The molecule has 0 amide bonds. The van der Waals surface area contributed by atoms with Gasteiger partial charge in [0, 0.05) is 0 Å². The molecule has 23 heavy (non-hydrogen) atoms. The molecule has 3 aliphatic rings. The van der Waals surface area contributed by atoms with E-state index in [1.165, 1.54) is 26.6 Å². The first kappa shape index (κ1) is 21.7. The van der Waals surface area contributed by atoms with Crippen LogP contribution in [-0.4, -0.2) is 7.37 Å². The van der Waals surface area contributed by atoms with Crippen molar-refractivity contribution in [2.45, 2.75) is 63.4 Å². The Bertz CT molecular complexity index is 582. The Labute approximate surface area is 161 Å². The van der Waals surface area contributed by atoms with E-state index >= 15 is 0 Å². The quantitative estimate of drug-likeness (QED) is 0.482. The van der Waals surface area contributed by atoms with Crippen molar-refractivity contribution in [1.29, 1.82) is 0 Å². The maximum absolute atomic E-state index is 2.54. The molecule has 0 aromatic carbocycles. The van der Waals surface area contributed by atoms with E-state index in [0.29, 0.717) is 0 Å². The molecule has 0 radical (unpaired) electrons. The third kappa shape index (κ3) is 3.48. The van der Waals surface area contributed by atoms with Crippen molar-refractivity contribution in [1.82, 2.24) is 0 Å². The smallest absolute Gasteiger partial charge is 0.147 e. The van der Waals surface area contributed by atoms with E-state index in [0.717, 1.165) is 9.54 Å². The molecular weight excluding hydrogens is 418 g/mol. The third-order valence-electron chi connectivity index (χ3n) is 6.81.